The lowest BCUT2D eigenvalue weighted by atomic mass is 9.92. The van der Waals surface area contributed by atoms with Gasteiger partial charge in [0, 0.05) is 13.0 Å². The topological polar surface area (TPSA) is 209 Å². The van der Waals surface area contributed by atoms with Crippen molar-refractivity contribution in [2.45, 2.75) is 83.3 Å². The highest BCUT2D eigenvalue weighted by Gasteiger charge is 2.58. The van der Waals surface area contributed by atoms with Crippen LogP contribution in [0.2, 0.25) is 0 Å². The first-order chi connectivity index (χ1) is 22.4. The zero-order chi connectivity index (χ0) is 34.4. The molecule has 1 aromatic carbocycles. The van der Waals surface area contributed by atoms with Crippen molar-refractivity contribution in [3.63, 3.8) is 0 Å². The molecule has 0 saturated carbocycles. The number of amides is 1. The summed E-state index contributed by atoms with van der Waals surface area (Å²) < 4.78 is 34.9. The highest BCUT2D eigenvalue weighted by Crippen LogP contribution is 2.54. The Bertz CT molecular complexity index is 1630. The molecule has 0 aliphatic carbocycles. The molecule has 47 heavy (non-hydrogen) atoms. The van der Waals surface area contributed by atoms with Crippen LogP contribution in [-0.2, 0) is 29.0 Å². The fraction of sp³-hybridized carbons (Fsp3) is 0.516. The number of para-hydroxylation sites is 1. The van der Waals surface area contributed by atoms with Gasteiger partial charge < -0.3 is 29.9 Å². The van der Waals surface area contributed by atoms with E-state index in [1.165, 1.54) is 28.2 Å². The zero-order valence-electron chi connectivity index (χ0n) is 26.7. The Labute approximate surface area is 272 Å². The number of fused-ring (bicyclic) bond motifs is 1. The molecule has 0 spiro atoms. The number of ether oxygens (including phenoxy) is 1. The van der Waals surface area contributed by atoms with Crippen molar-refractivity contribution in [3.8, 4) is 11.8 Å². The lowest BCUT2D eigenvalue weighted by molar-refractivity contribution is -0.141. The minimum Gasteiger partial charge on any atom is -0.480 e. The Kier molecular flexibility index (Phi) is 11.7. The monoisotopic (exact) mass is 672 g/mol. The van der Waals surface area contributed by atoms with E-state index in [0.717, 1.165) is 6.33 Å². The van der Waals surface area contributed by atoms with Crippen molar-refractivity contribution in [1.29, 1.82) is 5.26 Å². The van der Waals surface area contributed by atoms with Gasteiger partial charge in [0.05, 0.1) is 12.3 Å². The maximum Gasteiger partial charge on any atom is 0.462 e. The molecule has 16 heteroatoms. The smallest absolute Gasteiger partial charge is 0.462 e. The molecule has 4 N–H and O–H groups in total. The first-order valence-corrected chi connectivity index (χ1v) is 17.0. The second-order valence-electron chi connectivity index (χ2n) is 11.3. The number of hydrogen-bond acceptors (Lipinski definition) is 11. The molecule has 1 saturated heterocycles. The molecule has 1 amide bonds. The normalized spacial score (nSPS) is 23.0. The number of nitriles is 1. The maximum atomic E-state index is 14.6. The van der Waals surface area contributed by atoms with Gasteiger partial charge in [-0.2, -0.15) is 15.0 Å². The van der Waals surface area contributed by atoms with Gasteiger partial charge in [0.2, 0.25) is 11.5 Å². The summed E-state index contributed by atoms with van der Waals surface area (Å²) in [5.74, 6) is -1.23. The third kappa shape index (κ3) is 7.49. The molecule has 4 rings (SSSR count). The molecule has 2 aromatic heterocycles. The van der Waals surface area contributed by atoms with Crippen LogP contribution in [-0.4, -0.2) is 84.0 Å². The van der Waals surface area contributed by atoms with Crippen LogP contribution in [0.5, 0.6) is 5.75 Å². The molecule has 3 heterocycles. The number of aliphatic carboxylic acids is 1. The molecule has 1 aliphatic rings. The van der Waals surface area contributed by atoms with E-state index in [1.807, 2.05) is 26.8 Å². The molecule has 6 atom stereocenters. The molecule has 3 aromatic rings. The molecule has 254 valence electrons. The van der Waals surface area contributed by atoms with Gasteiger partial charge in [0.1, 0.15) is 48.0 Å². The van der Waals surface area contributed by atoms with Crippen LogP contribution in [0, 0.1) is 17.2 Å². The summed E-state index contributed by atoms with van der Waals surface area (Å²) in [4.78, 5) is 28.6. The SMILES string of the molecule is CCCC(=O)Nc1ncnn2c([C@]3(C#N)O[C@H](COP(=O)(Oc4ccccc4)N(CC(CC)CC)C(C)C(=O)O)[C@@H](O)[C@H]3O)ccc12. The lowest BCUT2D eigenvalue weighted by Crippen LogP contribution is -2.42. The van der Waals surface area contributed by atoms with Crippen molar-refractivity contribution in [2.75, 3.05) is 18.5 Å². The standard InChI is InChI=1S/C31H41N6O9P/c1-5-11-26(38)35-29-23-14-15-25(37(23)34-19-33-29)31(18-32)28(40)27(39)24(45-31)17-44-47(43,46-22-12-9-8-10-13-22)36(20(4)30(41)42)16-21(6-2)7-3/h8-10,12-15,19-21,24,27-28,39-40H,5-7,11,16-17H2,1-4H3,(H,41,42)(H,33,34,35,38)/t20?,24-,27-,28-,31+,47?/m1/s1. The van der Waals surface area contributed by atoms with E-state index in [-0.39, 0.29) is 42.1 Å². The number of nitrogens with one attached hydrogen (secondary N) is 1. The predicted octanol–water partition coefficient (Wildman–Crippen LogP) is 3.72. The van der Waals surface area contributed by atoms with Crippen molar-refractivity contribution in [3.05, 3.63) is 54.5 Å². The Morgan fingerprint density at radius 1 is 1.19 bits per heavy atom. The second-order valence-corrected chi connectivity index (χ2v) is 13.2. The summed E-state index contributed by atoms with van der Waals surface area (Å²) >= 11 is 0. The zero-order valence-corrected chi connectivity index (χ0v) is 27.6. The van der Waals surface area contributed by atoms with Gasteiger partial charge in [0.15, 0.2) is 5.82 Å². The van der Waals surface area contributed by atoms with Crippen molar-refractivity contribution >= 4 is 31.0 Å². The van der Waals surface area contributed by atoms with Crippen molar-refractivity contribution < 1.29 is 43.3 Å². The summed E-state index contributed by atoms with van der Waals surface area (Å²) in [5, 5.41) is 49.6. The number of aromatic nitrogens is 3. The fourth-order valence-corrected chi connectivity index (χ4v) is 7.38. The minimum absolute atomic E-state index is 0.0380. The molecule has 0 radical (unpaired) electrons. The summed E-state index contributed by atoms with van der Waals surface area (Å²) in [6, 6.07) is 11.8. The third-order valence-corrected chi connectivity index (χ3v) is 10.3. The first-order valence-electron chi connectivity index (χ1n) is 15.5. The van der Waals surface area contributed by atoms with E-state index in [9.17, 15) is 34.7 Å². The minimum atomic E-state index is -4.49. The summed E-state index contributed by atoms with van der Waals surface area (Å²) in [6.45, 7) is 6.52. The van der Waals surface area contributed by atoms with Gasteiger partial charge in [-0.25, -0.2) is 14.1 Å². The molecule has 2 unspecified atom stereocenters. The van der Waals surface area contributed by atoms with Crippen molar-refractivity contribution in [1.82, 2.24) is 19.3 Å². The number of carboxylic acids is 1. The fourth-order valence-electron chi connectivity index (χ4n) is 5.39. The van der Waals surface area contributed by atoms with E-state index in [0.29, 0.717) is 24.8 Å². The number of aliphatic hydroxyl groups excluding tert-OH is 2. The van der Waals surface area contributed by atoms with Crippen LogP contribution in [0.3, 0.4) is 0 Å². The van der Waals surface area contributed by atoms with E-state index in [2.05, 4.69) is 15.4 Å². The second kappa shape index (κ2) is 15.3. The number of hydrogen-bond donors (Lipinski definition) is 4. The number of benzene rings is 1. The molecule has 1 fully saturated rings. The number of rotatable bonds is 16. The van der Waals surface area contributed by atoms with Crippen LogP contribution >= 0.6 is 7.75 Å². The van der Waals surface area contributed by atoms with Crippen LogP contribution in [0.4, 0.5) is 5.82 Å². The number of aliphatic hydroxyl groups is 2. The van der Waals surface area contributed by atoms with Gasteiger partial charge in [-0.1, -0.05) is 51.8 Å². The molecule has 15 nitrogen and oxygen atoms in total. The molecule has 1 aliphatic heterocycles. The Balaban J connectivity index is 1.67. The first kappa shape index (κ1) is 35.9. The predicted molar refractivity (Wildman–Crippen MR) is 169 cm³/mol. The van der Waals surface area contributed by atoms with Crippen LogP contribution in [0.15, 0.2) is 48.8 Å². The maximum absolute atomic E-state index is 14.6. The van der Waals surface area contributed by atoms with E-state index in [1.54, 1.807) is 30.3 Å². The van der Waals surface area contributed by atoms with Gasteiger partial charge in [0.25, 0.3) is 0 Å². The van der Waals surface area contributed by atoms with Gasteiger partial charge >= 0.3 is 13.7 Å². The quantitative estimate of drug-likeness (QED) is 0.160. The largest absolute Gasteiger partial charge is 0.480 e. The average molecular weight is 673 g/mol. The molecule has 0 bridgehead atoms. The molecular formula is C31H41N6O9P. The summed E-state index contributed by atoms with van der Waals surface area (Å²) in [5.41, 5.74) is -1.82. The summed E-state index contributed by atoms with van der Waals surface area (Å²) in [7, 11) is -4.49. The third-order valence-electron chi connectivity index (χ3n) is 8.28. The Morgan fingerprint density at radius 3 is 2.51 bits per heavy atom. The van der Waals surface area contributed by atoms with Crippen LogP contribution < -0.4 is 9.84 Å². The number of carbonyl (C=O) groups excluding carboxylic acids is 1. The number of anilines is 1. The van der Waals surface area contributed by atoms with Gasteiger partial charge in [-0.15, -0.1) is 0 Å². The molecular weight excluding hydrogens is 631 g/mol. The van der Waals surface area contributed by atoms with Crippen LogP contribution in [0.1, 0.15) is 59.1 Å². The lowest BCUT2D eigenvalue weighted by Gasteiger charge is -2.35. The van der Waals surface area contributed by atoms with Gasteiger partial charge in [-0.05, 0) is 43.5 Å². The Hall–Kier alpha value is -3.90. The van der Waals surface area contributed by atoms with Crippen LogP contribution in [0.25, 0.3) is 5.52 Å². The van der Waals surface area contributed by atoms with Crippen molar-refractivity contribution in [2.24, 2.45) is 5.92 Å². The number of nitrogens with zero attached hydrogens (tertiary/aromatic N) is 5. The number of carboxylic acid groups (broad SMARTS) is 1. The van der Waals surface area contributed by atoms with E-state index >= 15 is 0 Å². The summed E-state index contributed by atoms with van der Waals surface area (Å²) in [6.07, 6.45) is -1.55. The average Bonchev–Trinajstić information content (AvgIpc) is 3.60. The van der Waals surface area contributed by atoms with E-state index in [4.69, 9.17) is 13.8 Å². The highest BCUT2D eigenvalue weighted by molar-refractivity contribution is 7.51. The Morgan fingerprint density at radius 2 is 1.89 bits per heavy atom. The highest BCUT2D eigenvalue weighted by atomic mass is 31.2. The number of carbonyl (C=O) groups is 2. The van der Waals surface area contributed by atoms with Gasteiger partial charge in [-0.3, -0.25) is 14.1 Å². The van der Waals surface area contributed by atoms with E-state index < -0.39 is 50.3 Å².